The van der Waals surface area contributed by atoms with Crippen LogP contribution < -0.4 is 0 Å². The van der Waals surface area contributed by atoms with Gasteiger partial charge in [-0.05, 0) is 55.5 Å². The van der Waals surface area contributed by atoms with Gasteiger partial charge >= 0.3 is 0 Å². The monoisotopic (exact) mass is 492 g/mol. The van der Waals surface area contributed by atoms with Crippen molar-refractivity contribution < 1.29 is 18.4 Å². The van der Waals surface area contributed by atoms with Crippen LogP contribution in [0.5, 0.6) is 0 Å². The van der Waals surface area contributed by atoms with E-state index < -0.39 is 0 Å². The van der Waals surface area contributed by atoms with Gasteiger partial charge in [0.25, 0.3) is 11.8 Å². The van der Waals surface area contributed by atoms with Crippen LogP contribution in [0, 0.1) is 6.92 Å². The highest BCUT2D eigenvalue weighted by atomic mass is 16.4. The zero-order valence-electron chi connectivity index (χ0n) is 20.3. The minimum atomic E-state index is -0.155. The number of carbonyl (C=O) groups is 2. The Kier molecular flexibility index (Phi) is 5.76. The maximum Gasteiger partial charge on any atom is 0.289 e. The molecule has 0 bridgehead atoms. The normalized spacial score (nSPS) is 13.8. The third kappa shape index (κ3) is 4.49. The van der Waals surface area contributed by atoms with Crippen molar-refractivity contribution in [2.24, 2.45) is 0 Å². The molecule has 8 heteroatoms. The zero-order chi connectivity index (χ0) is 25.4. The summed E-state index contributed by atoms with van der Waals surface area (Å²) in [4.78, 5) is 29.5. The highest BCUT2D eigenvalue weighted by Crippen LogP contribution is 2.25. The number of nitrogens with zero attached hydrogens (tertiary/aromatic N) is 4. The molecule has 3 aromatic carbocycles. The lowest BCUT2D eigenvalue weighted by molar-refractivity contribution is 0.0519. The van der Waals surface area contributed by atoms with Crippen molar-refractivity contribution in [1.29, 1.82) is 0 Å². The quantitative estimate of drug-likeness (QED) is 0.348. The van der Waals surface area contributed by atoms with Gasteiger partial charge in [-0.2, -0.15) is 0 Å². The number of benzene rings is 3. The van der Waals surface area contributed by atoms with E-state index in [2.05, 4.69) is 10.2 Å². The van der Waals surface area contributed by atoms with Gasteiger partial charge in [-0.15, -0.1) is 10.2 Å². The number of piperazine rings is 1. The van der Waals surface area contributed by atoms with E-state index in [0.29, 0.717) is 54.9 Å². The number of hydrogen-bond donors (Lipinski definition) is 0. The van der Waals surface area contributed by atoms with Gasteiger partial charge in [0.05, 0.1) is 0 Å². The molecule has 184 valence electrons. The van der Waals surface area contributed by atoms with E-state index in [0.717, 1.165) is 22.1 Å². The van der Waals surface area contributed by atoms with Crippen LogP contribution in [-0.2, 0) is 0 Å². The van der Waals surface area contributed by atoms with Crippen molar-refractivity contribution in [2.75, 3.05) is 26.2 Å². The maximum atomic E-state index is 13.1. The Labute approximate surface area is 213 Å². The number of aromatic nitrogens is 2. The first-order chi connectivity index (χ1) is 18.0. The molecule has 0 saturated carbocycles. The smallest absolute Gasteiger partial charge is 0.289 e. The third-order valence-corrected chi connectivity index (χ3v) is 6.56. The number of aryl methyl sites for hydroxylation is 1. The highest BCUT2D eigenvalue weighted by Gasteiger charge is 2.27. The van der Waals surface area contributed by atoms with Crippen LogP contribution in [-0.4, -0.2) is 58.0 Å². The fraction of sp³-hybridized carbons (Fsp3) is 0.172. The van der Waals surface area contributed by atoms with E-state index in [4.69, 9.17) is 8.83 Å². The van der Waals surface area contributed by atoms with Crippen molar-refractivity contribution in [3.05, 3.63) is 95.7 Å². The molecule has 1 aliphatic rings. The Balaban J connectivity index is 1.09. The van der Waals surface area contributed by atoms with Gasteiger partial charge in [-0.1, -0.05) is 35.9 Å². The van der Waals surface area contributed by atoms with E-state index in [9.17, 15) is 9.59 Å². The standard InChI is InChI=1S/C29H24N4O4/c1-19-5-4-7-23(17-19)27-31-30-26(37-27)20-9-11-21(12-10-20)28(34)32-13-15-33(16-14-32)29(35)25-18-22-6-2-3-8-24(22)36-25/h2-12,17-18H,13-16H2,1H3. The van der Waals surface area contributed by atoms with Crippen LogP contribution in [0.15, 0.2) is 87.7 Å². The summed E-state index contributed by atoms with van der Waals surface area (Å²) in [6.07, 6.45) is 0. The number of furan rings is 1. The topological polar surface area (TPSA) is 92.7 Å². The summed E-state index contributed by atoms with van der Waals surface area (Å²) in [5, 5.41) is 9.22. The summed E-state index contributed by atoms with van der Waals surface area (Å²) >= 11 is 0. The lowest BCUT2D eigenvalue weighted by atomic mass is 10.1. The Morgan fingerprint density at radius 2 is 1.38 bits per heavy atom. The fourth-order valence-corrected chi connectivity index (χ4v) is 4.53. The second-order valence-corrected chi connectivity index (χ2v) is 9.09. The van der Waals surface area contributed by atoms with Crippen molar-refractivity contribution in [1.82, 2.24) is 20.0 Å². The van der Waals surface area contributed by atoms with Gasteiger partial charge < -0.3 is 18.6 Å². The van der Waals surface area contributed by atoms with E-state index in [-0.39, 0.29) is 11.8 Å². The minimum Gasteiger partial charge on any atom is -0.451 e. The molecular formula is C29H24N4O4. The van der Waals surface area contributed by atoms with E-state index >= 15 is 0 Å². The molecule has 1 aliphatic heterocycles. The molecule has 37 heavy (non-hydrogen) atoms. The van der Waals surface area contributed by atoms with Crippen molar-refractivity contribution in [3.8, 4) is 22.9 Å². The number of para-hydroxylation sites is 1. The molecule has 1 saturated heterocycles. The van der Waals surface area contributed by atoms with Gasteiger partial charge in [0.1, 0.15) is 5.58 Å². The Bertz CT molecular complexity index is 1560. The number of amides is 2. The molecule has 6 rings (SSSR count). The summed E-state index contributed by atoms with van der Waals surface area (Å²) in [6.45, 7) is 3.81. The average molecular weight is 493 g/mol. The van der Waals surface area contributed by atoms with Crippen LogP contribution >= 0.6 is 0 Å². The molecule has 1 fully saturated rings. The van der Waals surface area contributed by atoms with Crippen molar-refractivity contribution in [3.63, 3.8) is 0 Å². The second kappa shape index (κ2) is 9.39. The first-order valence-electron chi connectivity index (χ1n) is 12.1. The molecule has 2 amide bonds. The molecule has 3 heterocycles. The van der Waals surface area contributed by atoms with Crippen molar-refractivity contribution >= 4 is 22.8 Å². The predicted molar refractivity (Wildman–Crippen MR) is 138 cm³/mol. The minimum absolute atomic E-state index is 0.0756. The summed E-state index contributed by atoms with van der Waals surface area (Å²) in [5.41, 5.74) is 3.97. The predicted octanol–water partition coefficient (Wildman–Crippen LogP) is 5.06. The zero-order valence-corrected chi connectivity index (χ0v) is 20.3. The lowest BCUT2D eigenvalue weighted by Crippen LogP contribution is -2.50. The first kappa shape index (κ1) is 22.7. The number of fused-ring (bicyclic) bond motifs is 1. The molecule has 0 spiro atoms. The first-order valence-corrected chi connectivity index (χ1v) is 12.1. The van der Waals surface area contributed by atoms with Crippen LogP contribution in [0.3, 0.4) is 0 Å². The van der Waals surface area contributed by atoms with E-state index in [1.807, 2.05) is 67.6 Å². The Hall–Kier alpha value is -4.72. The van der Waals surface area contributed by atoms with Crippen LogP contribution in [0.1, 0.15) is 26.5 Å². The number of carbonyl (C=O) groups excluding carboxylic acids is 2. The van der Waals surface area contributed by atoms with Gasteiger partial charge in [0.15, 0.2) is 5.76 Å². The highest BCUT2D eigenvalue weighted by molar-refractivity contribution is 5.97. The van der Waals surface area contributed by atoms with Crippen molar-refractivity contribution in [2.45, 2.75) is 6.92 Å². The molecule has 5 aromatic rings. The van der Waals surface area contributed by atoms with E-state index in [1.165, 1.54) is 0 Å². The molecule has 0 radical (unpaired) electrons. The van der Waals surface area contributed by atoms with Crippen LogP contribution in [0.2, 0.25) is 0 Å². The fourth-order valence-electron chi connectivity index (χ4n) is 4.53. The number of rotatable bonds is 4. The second-order valence-electron chi connectivity index (χ2n) is 9.09. The average Bonchev–Trinajstić information content (AvgIpc) is 3.60. The molecule has 0 aliphatic carbocycles. The van der Waals surface area contributed by atoms with Crippen LogP contribution in [0.25, 0.3) is 33.9 Å². The van der Waals surface area contributed by atoms with Gasteiger partial charge in [-0.3, -0.25) is 9.59 Å². The SMILES string of the molecule is Cc1cccc(-c2nnc(-c3ccc(C(=O)N4CCN(C(=O)c5cc6ccccc6o5)CC4)cc3)o2)c1. The molecule has 0 unspecified atom stereocenters. The Morgan fingerprint density at radius 1 is 0.703 bits per heavy atom. The molecule has 0 atom stereocenters. The molecule has 0 N–H and O–H groups in total. The maximum absolute atomic E-state index is 13.1. The Morgan fingerprint density at radius 3 is 2.08 bits per heavy atom. The van der Waals surface area contributed by atoms with Gasteiger partial charge in [-0.25, -0.2) is 0 Å². The summed E-state index contributed by atoms with van der Waals surface area (Å²) in [6, 6.07) is 24.3. The van der Waals surface area contributed by atoms with Gasteiger partial charge in [0, 0.05) is 48.3 Å². The lowest BCUT2D eigenvalue weighted by Gasteiger charge is -2.34. The summed E-state index contributed by atoms with van der Waals surface area (Å²) in [5.74, 6) is 0.941. The summed E-state index contributed by atoms with van der Waals surface area (Å²) < 4.78 is 11.6. The van der Waals surface area contributed by atoms with Gasteiger partial charge in [0.2, 0.25) is 11.8 Å². The molecule has 8 nitrogen and oxygen atoms in total. The third-order valence-electron chi connectivity index (χ3n) is 6.56. The molecule has 2 aromatic heterocycles. The van der Waals surface area contributed by atoms with Crippen LogP contribution in [0.4, 0.5) is 0 Å². The molecular weight excluding hydrogens is 468 g/mol. The number of hydrogen-bond acceptors (Lipinski definition) is 6. The largest absolute Gasteiger partial charge is 0.451 e. The summed E-state index contributed by atoms with van der Waals surface area (Å²) in [7, 11) is 0. The van der Waals surface area contributed by atoms with E-state index in [1.54, 1.807) is 28.0 Å².